The molecule has 0 radical (unpaired) electrons. The van der Waals surface area contributed by atoms with Crippen LogP contribution in [-0.4, -0.2) is 30.0 Å². The lowest BCUT2D eigenvalue weighted by Crippen LogP contribution is -2.19. The highest BCUT2D eigenvalue weighted by Crippen LogP contribution is 2.32. The zero-order valence-corrected chi connectivity index (χ0v) is 16.3. The first kappa shape index (κ1) is 19.2. The van der Waals surface area contributed by atoms with Crippen LogP contribution in [0.5, 0.6) is 0 Å². The van der Waals surface area contributed by atoms with Crippen molar-refractivity contribution in [3.8, 4) is 0 Å². The molecule has 1 N–H and O–H groups in total. The molecule has 0 bridgehead atoms. The van der Waals surface area contributed by atoms with Crippen LogP contribution in [0.4, 0.5) is 5.69 Å². The fourth-order valence-electron chi connectivity index (χ4n) is 2.66. The lowest BCUT2D eigenvalue weighted by atomic mass is 9.86. The number of ether oxygens (including phenoxy) is 1. The van der Waals surface area contributed by atoms with Gasteiger partial charge >= 0.3 is 5.97 Å². The zero-order chi connectivity index (χ0) is 19.6. The summed E-state index contributed by atoms with van der Waals surface area (Å²) in [5.74, 6) is -0.598. The van der Waals surface area contributed by atoms with E-state index in [1.165, 1.54) is 11.8 Å². The molecule has 2 aromatic carbocycles. The van der Waals surface area contributed by atoms with Gasteiger partial charge in [0.2, 0.25) is 5.91 Å². The Morgan fingerprint density at radius 1 is 1.07 bits per heavy atom. The van der Waals surface area contributed by atoms with Gasteiger partial charge in [0.05, 0.1) is 17.0 Å². The Morgan fingerprint density at radius 2 is 1.74 bits per heavy atom. The first-order chi connectivity index (χ1) is 12.7. The number of nitrogens with one attached hydrogen (secondary N) is 1. The van der Waals surface area contributed by atoms with Crippen molar-refractivity contribution in [2.24, 2.45) is 0 Å². The molecule has 1 aliphatic rings. The maximum Gasteiger partial charge on any atom is 0.338 e. The van der Waals surface area contributed by atoms with E-state index in [1.807, 2.05) is 12.1 Å². The Bertz CT molecular complexity index is 897. The van der Waals surface area contributed by atoms with Crippen molar-refractivity contribution in [3.05, 3.63) is 59.2 Å². The molecule has 0 saturated heterocycles. The lowest BCUT2D eigenvalue weighted by Gasteiger charge is -2.19. The third kappa shape index (κ3) is 4.57. The minimum atomic E-state index is -0.595. The van der Waals surface area contributed by atoms with Gasteiger partial charge in [-0.05, 0) is 29.2 Å². The molecule has 0 atom stereocenters. The van der Waals surface area contributed by atoms with Crippen LogP contribution in [0.15, 0.2) is 47.4 Å². The van der Waals surface area contributed by atoms with Crippen LogP contribution in [0.25, 0.3) is 0 Å². The molecule has 0 saturated carbocycles. The molecule has 27 heavy (non-hydrogen) atoms. The van der Waals surface area contributed by atoms with Crippen LogP contribution >= 0.6 is 11.8 Å². The number of fused-ring (bicyclic) bond motifs is 1. The SMILES string of the molecule is CC(C)(C)c1ccc(C(=O)COC(=O)c2ccc3c(c2)NC(=O)CS3)cc1. The second kappa shape index (κ2) is 7.56. The Labute approximate surface area is 162 Å². The summed E-state index contributed by atoms with van der Waals surface area (Å²) in [4.78, 5) is 36.9. The van der Waals surface area contributed by atoms with E-state index in [4.69, 9.17) is 4.74 Å². The zero-order valence-electron chi connectivity index (χ0n) is 15.5. The van der Waals surface area contributed by atoms with E-state index in [0.29, 0.717) is 22.6 Å². The van der Waals surface area contributed by atoms with Crippen molar-refractivity contribution >= 4 is 35.1 Å². The number of carbonyl (C=O) groups is 3. The van der Waals surface area contributed by atoms with E-state index in [9.17, 15) is 14.4 Å². The molecule has 140 valence electrons. The van der Waals surface area contributed by atoms with Crippen molar-refractivity contribution < 1.29 is 19.1 Å². The van der Waals surface area contributed by atoms with Crippen molar-refractivity contribution in [1.29, 1.82) is 0 Å². The Morgan fingerprint density at radius 3 is 2.41 bits per heavy atom. The largest absolute Gasteiger partial charge is 0.454 e. The average molecular weight is 383 g/mol. The predicted molar refractivity (Wildman–Crippen MR) is 106 cm³/mol. The van der Waals surface area contributed by atoms with E-state index < -0.39 is 5.97 Å². The van der Waals surface area contributed by atoms with Gasteiger partial charge in [0.25, 0.3) is 0 Å². The Balaban J connectivity index is 1.63. The molecule has 0 aromatic heterocycles. The molecule has 0 aliphatic carbocycles. The summed E-state index contributed by atoms with van der Waals surface area (Å²) in [6.07, 6.45) is 0. The summed E-state index contributed by atoms with van der Waals surface area (Å²) in [6, 6.07) is 12.3. The van der Waals surface area contributed by atoms with Gasteiger partial charge in [-0.25, -0.2) is 4.79 Å². The topological polar surface area (TPSA) is 72.5 Å². The highest BCUT2D eigenvalue weighted by atomic mass is 32.2. The van der Waals surface area contributed by atoms with Crippen molar-refractivity contribution in [2.45, 2.75) is 31.1 Å². The van der Waals surface area contributed by atoms with E-state index in [-0.39, 0.29) is 23.7 Å². The number of ketones is 1. The first-order valence-corrected chi connectivity index (χ1v) is 9.60. The number of thioether (sulfide) groups is 1. The molecule has 0 spiro atoms. The number of hydrogen-bond donors (Lipinski definition) is 1. The molecular formula is C21H21NO4S. The lowest BCUT2D eigenvalue weighted by molar-refractivity contribution is -0.113. The van der Waals surface area contributed by atoms with Gasteiger partial charge in [-0.15, -0.1) is 11.8 Å². The molecule has 5 nitrogen and oxygen atoms in total. The van der Waals surface area contributed by atoms with Gasteiger partial charge < -0.3 is 10.1 Å². The fourth-order valence-corrected chi connectivity index (χ4v) is 3.45. The van der Waals surface area contributed by atoms with Crippen LogP contribution in [0.3, 0.4) is 0 Å². The molecule has 3 rings (SSSR count). The molecule has 1 aliphatic heterocycles. The summed E-state index contributed by atoms with van der Waals surface area (Å²) in [5, 5.41) is 2.73. The Kier molecular flexibility index (Phi) is 5.37. The predicted octanol–water partition coefficient (Wildman–Crippen LogP) is 4.07. The standard InChI is InChI=1S/C21H21NO4S/c1-21(2,3)15-7-4-13(5-8-15)17(23)11-26-20(25)14-6-9-18-16(10-14)22-19(24)12-27-18/h4-10H,11-12H2,1-3H3,(H,22,24). The van der Waals surface area contributed by atoms with Gasteiger partial charge in [-0.2, -0.15) is 0 Å². The first-order valence-electron chi connectivity index (χ1n) is 8.61. The molecule has 2 aromatic rings. The number of amides is 1. The third-order valence-corrected chi connectivity index (χ3v) is 5.33. The maximum absolute atomic E-state index is 12.3. The summed E-state index contributed by atoms with van der Waals surface area (Å²) in [5.41, 5.74) is 2.53. The van der Waals surface area contributed by atoms with Crippen LogP contribution in [0.1, 0.15) is 47.1 Å². The van der Waals surface area contributed by atoms with Gasteiger partial charge in [0.1, 0.15) is 0 Å². The quantitative estimate of drug-likeness (QED) is 0.636. The fraction of sp³-hybridized carbons (Fsp3) is 0.286. The molecule has 6 heteroatoms. The van der Waals surface area contributed by atoms with E-state index in [2.05, 4.69) is 26.1 Å². The van der Waals surface area contributed by atoms with E-state index >= 15 is 0 Å². The number of hydrogen-bond acceptors (Lipinski definition) is 5. The normalized spacial score (nSPS) is 13.5. The third-order valence-electron chi connectivity index (χ3n) is 4.26. The smallest absolute Gasteiger partial charge is 0.338 e. The molecule has 1 amide bonds. The summed E-state index contributed by atoms with van der Waals surface area (Å²) in [7, 11) is 0. The minimum Gasteiger partial charge on any atom is -0.454 e. The van der Waals surface area contributed by atoms with Crippen LogP contribution < -0.4 is 5.32 Å². The van der Waals surface area contributed by atoms with Crippen molar-refractivity contribution in [3.63, 3.8) is 0 Å². The minimum absolute atomic E-state index is 0.00813. The van der Waals surface area contributed by atoms with E-state index in [1.54, 1.807) is 30.3 Å². The van der Waals surface area contributed by atoms with Crippen molar-refractivity contribution in [1.82, 2.24) is 0 Å². The van der Waals surface area contributed by atoms with Crippen molar-refractivity contribution in [2.75, 3.05) is 17.7 Å². The van der Waals surface area contributed by atoms with Gasteiger partial charge in [-0.1, -0.05) is 45.0 Å². The number of anilines is 1. The number of rotatable bonds is 4. The second-order valence-electron chi connectivity index (χ2n) is 7.37. The van der Waals surface area contributed by atoms with E-state index in [0.717, 1.165) is 10.5 Å². The van der Waals surface area contributed by atoms with Gasteiger partial charge in [0.15, 0.2) is 12.4 Å². The summed E-state index contributed by atoms with van der Waals surface area (Å²) in [6.45, 7) is 5.98. The summed E-state index contributed by atoms with van der Waals surface area (Å²) < 4.78 is 5.15. The molecule has 1 heterocycles. The second-order valence-corrected chi connectivity index (χ2v) is 8.39. The monoisotopic (exact) mass is 383 g/mol. The number of esters is 1. The molecule has 0 fully saturated rings. The average Bonchev–Trinajstić information content (AvgIpc) is 2.64. The maximum atomic E-state index is 12.3. The van der Waals surface area contributed by atoms with Gasteiger partial charge in [0, 0.05) is 10.5 Å². The van der Waals surface area contributed by atoms with Crippen LogP contribution in [0.2, 0.25) is 0 Å². The highest BCUT2D eigenvalue weighted by Gasteiger charge is 2.19. The number of carbonyl (C=O) groups excluding carboxylic acids is 3. The number of Topliss-reactive ketones (excluding diaryl/α,β-unsaturated/α-hetero) is 1. The van der Waals surface area contributed by atoms with Crippen LogP contribution in [-0.2, 0) is 14.9 Å². The molecule has 0 unspecified atom stereocenters. The summed E-state index contributed by atoms with van der Waals surface area (Å²) >= 11 is 1.42. The van der Waals surface area contributed by atoms with Crippen LogP contribution in [0, 0.1) is 0 Å². The highest BCUT2D eigenvalue weighted by molar-refractivity contribution is 8.00. The number of benzene rings is 2. The molecular weight excluding hydrogens is 362 g/mol. The van der Waals surface area contributed by atoms with Gasteiger partial charge in [-0.3, -0.25) is 9.59 Å². The Hall–Kier alpha value is -2.60.